The summed E-state index contributed by atoms with van der Waals surface area (Å²) in [5.74, 6) is 0.198. The fraction of sp³-hybridized carbons (Fsp3) is 0.450. The third kappa shape index (κ3) is 4.12. The number of nitrogens with one attached hydrogen (secondary N) is 2. The Labute approximate surface area is 154 Å². The van der Waals surface area contributed by atoms with Crippen molar-refractivity contribution in [1.82, 2.24) is 9.78 Å². The number of aryl methyl sites for hydroxylation is 2. The molecular weight excluding hydrogens is 328 g/mol. The van der Waals surface area contributed by atoms with E-state index >= 15 is 0 Å². The molecule has 1 aliphatic rings. The number of rotatable bonds is 7. The lowest BCUT2D eigenvalue weighted by atomic mass is 10.1. The van der Waals surface area contributed by atoms with E-state index in [9.17, 15) is 9.59 Å². The molecule has 0 saturated heterocycles. The van der Waals surface area contributed by atoms with Gasteiger partial charge in [-0.15, -0.1) is 0 Å². The number of benzene rings is 1. The molecule has 1 aromatic carbocycles. The van der Waals surface area contributed by atoms with E-state index < -0.39 is 0 Å². The number of nitrogens with zero attached hydrogens (tertiary/aromatic N) is 2. The fourth-order valence-corrected chi connectivity index (χ4v) is 3.19. The van der Waals surface area contributed by atoms with Crippen LogP contribution < -0.4 is 10.6 Å². The van der Waals surface area contributed by atoms with Crippen molar-refractivity contribution in [2.75, 3.05) is 10.6 Å². The predicted octanol–water partition coefficient (Wildman–Crippen LogP) is 3.07. The van der Waals surface area contributed by atoms with E-state index in [0.717, 1.165) is 54.0 Å². The highest BCUT2D eigenvalue weighted by Gasteiger charge is 2.29. The predicted molar refractivity (Wildman–Crippen MR) is 102 cm³/mol. The van der Waals surface area contributed by atoms with Crippen molar-refractivity contribution >= 4 is 23.2 Å². The number of aromatic nitrogens is 2. The summed E-state index contributed by atoms with van der Waals surface area (Å²) in [6.45, 7) is 4.13. The number of amides is 2. The maximum atomic E-state index is 12.5. The van der Waals surface area contributed by atoms with Crippen LogP contribution in [0.5, 0.6) is 0 Å². The topological polar surface area (TPSA) is 76.0 Å². The van der Waals surface area contributed by atoms with Gasteiger partial charge in [0.2, 0.25) is 11.8 Å². The van der Waals surface area contributed by atoms with Crippen molar-refractivity contribution in [1.29, 1.82) is 0 Å². The molecular formula is C20H26N4O2. The summed E-state index contributed by atoms with van der Waals surface area (Å²) in [6, 6.07) is 7.25. The summed E-state index contributed by atoms with van der Waals surface area (Å²) in [4.78, 5) is 24.2. The first kappa shape index (κ1) is 18.2. The van der Waals surface area contributed by atoms with Gasteiger partial charge in [-0.25, -0.2) is 0 Å². The molecule has 1 aliphatic carbocycles. The number of carbonyl (C=O) groups is 2. The van der Waals surface area contributed by atoms with Gasteiger partial charge in [-0.3, -0.25) is 14.3 Å². The van der Waals surface area contributed by atoms with Crippen molar-refractivity contribution < 1.29 is 9.59 Å². The molecule has 6 heteroatoms. The van der Waals surface area contributed by atoms with Crippen LogP contribution >= 0.6 is 0 Å². The number of hydrogen-bond acceptors (Lipinski definition) is 3. The molecule has 26 heavy (non-hydrogen) atoms. The molecule has 3 rings (SSSR count). The molecule has 0 radical (unpaired) electrons. The lowest BCUT2D eigenvalue weighted by Gasteiger charge is -2.09. The summed E-state index contributed by atoms with van der Waals surface area (Å²) in [6.07, 6.45) is 3.94. The molecule has 1 aromatic heterocycles. The first-order chi connectivity index (χ1) is 12.5. The molecule has 0 unspecified atom stereocenters. The second-order valence-corrected chi connectivity index (χ2v) is 6.77. The van der Waals surface area contributed by atoms with Crippen molar-refractivity contribution in [3.8, 4) is 0 Å². The van der Waals surface area contributed by atoms with Crippen LogP contribution in [-0.4, -0.2) is 21.6 Å². The third-order valence-corrected chi connectivity index (χ3v) is 4.75. The lowest BCUT2D eigenvalue weighted by molar-refractivity contribution is -0.117. The zero-order valence-electron chi connectivity index (χ0n) is 15.6. The van der Waals surface area contributed by atoms with Crippen LogP contribution in [0, 0.1) is 5.92 Å². The van der Waals surface area contributed by atoms with Gasteiger partial charge < -0.3 is 10.6 Å². The largest absolute Gasteiger partial charge is 0.326 e. The van der Waals surface area contributed by atoms with Gasteiger partial charge in [0.1, 0.15) is 0 Å². The standard InChI is InChI=1S/C20H26N4O2/c1-4-17-16(18(5-2)24(3)23-17)12-19(25)21-14-8-10-15(11-9-14)22-20(26)13-6-7-13/h8-11,13H,4-7,12H2,1-3H3,(H,21,25)(H,22,26). The summed E-state index contributed by atoms with van der Waals surface area (Å²) in [5, 5.41) is 10.3. The number of anilines is 2. The van der Waals surface area contributed by atoms with Gasteiger partial charge in [-0.2, -0.15) is 5.10 Å². The van der Waals surface area contributed by atoms with Gasteiger partial charge >= 0.3 is 0 Å². The van der Waals surface area contributed by atoms with E-state index in [4.69, 9.17) is 0 Å². The van der Waals surface area contributed by atoms with E-state index in [-0.39, 0.29) is 17.7 Å². The Morgan fingerprint density at radius 2 is 1.69 bits per heavy atom. The smallest absolute Gasteiger partial charge is 0.228 e. The average Bonchev–Trinajstić information content (AvgIpc) is 3.42. The molecule has 1 fully saturated rings. The van der Waals surface area contributed by atoms with Crippen molar-refractivity contribution in [3.63, 3.8) is 0 Å². The molecule has 138 valence electrons. The molecule has 0 aliphatic heterocycles. The van der Waals surface area contributed by atoms with Crippen molar-refractivity contribution in [3.05, 3.63) is 41.2 Å². The number of carbonyl (C=O) groups excluding carboxylic acids is 2. The Morgan fingerprint density at radius 3 is 2.23 bits per heavy atom. The maximum absolute atomic E-state index is 12.5. The molecule has 2 amide bonds. The molecule has 1 saturated carbocycles. The molecule has 0 spiro atoms. The van der Waals surface area contributed by atoms with Crippen LogP contribution in [0.3, 0.4) is 0 Å². The quantitative estimate of drug-likeness (QED) is 0.802. The molecule has 2 N–H and O–H groups in total. The fourth-order valence-electron chi connectivity index (χ4n) is 3.19. The van der Waals surface area contributed by atoms with Crippen LogP contribution in [0.1, 0.15) is 43.6 Å². The van der Waals surface area contributed by atoms with Crippen LogP contribution in [0.2, 0.25) is 0 Å². The highest BCUT2D eigenvalue weighted by molar-refractivity contribution is 5.95. The van der Waals surface area contributed by atoms with Crippen LogP contribution in [-0.2, 0) is 35.9 Å². The first-order valence-electron chi connectivity index (χ1n) is 9.26. The molecule has 0 atom stereocenters. The van der Waals surface area contributed by atoms with Crippen LogP contribution in [0.25, 0.3) is 0 Å². The minimum atomic E-state index is -0.0582. The monoisotopic (exact) mass is 354 g/mol. The SMILES string of the molecule is CCc1nn(C)c(CC)c1CC(=O)Nc1ccc(NC(=O)C2CC2)cc1. The van der Waals surface area contributed by atoms with Gasteiger partial charge in [0, 0.05) is 35.6 Å². The Morgan fingerprint density at radius 1 is 1.08 bits per heavy atom. The average molecular weight is 354 g/mol. The first-order valence-corrected chi connectivity index (χ1v) is 9.26. The molecule has 0 bridgehead atoms. The third-order valence-electron chi connectivity index (χ3n) is 4.75. The molecule has 2 aromatic rings. The van der Waals surface area contributed by atoms with E-state index in [2.05, 4.69) is 29.6 Å². The molecule has 1 heterocycles. The van der Waals surface area contributed by atoms with Crippen molar-refractivity contribution in [2.24, 2.45) is 13.0 Å². The van der Waals surface area contributed by atoms with Gasteiger partial charge in [0.05, 0.1) is 12.1 Å². The van der Waals surface area contributed by atoms with E-state index in [0.29, 0.717) is 6.42 Å². The molecule has 6 nitrogen and oxygen atoms in total. The van der Waals surface area contributed by atoms with Gasteiger partial charge in [-0.05, 0) is 49.9 Å². The highest BCUT2D eigenvalue weighted by atomic mass is 16.2. The highest BCUT2D eigenvalue weighted by Crippen LogP contribution is 2.30. The Kier molecular flexibility index (Phi) is 5.40. The van der Waals surface area contributed by atoms with Crippen LogP contribution in [0.15, 0.2) is 24.3 Å². The number of hydrogen-bond donors (Lipinski definition) is 2. The Hall–Kier alpha value is -2.63. The summed E-state index contributed by atoms with van der Waals surface area (Å²) < 4.78 is 1.87. The van der Waals surface area contributed by atoms with E-state index in [1.54, 1.807) is 0 Å². The zero-order chi connectivity index (χ0) is 18.7. The summed E-state index contributed by atoms with van der Waals surface area (Å²) in [7, 11) is 1.92. The minimum absolute atomic E-state index is 0.0582. The summed E-state index contributed by atoms with van der Waals surface area (Å²) >= 11 is 0. The van der Waals surface area contributed by atoms with E-state index in [1.165, 1.54) is 0 Å². The Balaban J connectivity index is 1.62. The normalized spacial score (nSPS) is 13.5. The minimum Gasteiger partial charge on any atom is -0.326 e. The van der Waals surface area contributed by atoms with Gasteiger partial charge in [0.15, 0.2) is 0 Å². The van der Waals surface area contributed by atoms with E-state index in [1.807, 2.05) is 36.0 Å². The maximum Gasteiger partial charge on any atom is 0.228 e. The summed E-state index contributed by atoms with van der Waals surface area (Å²) in [5.41, 5.74) is 4.60. The second-order valence-electron chi connectivity index (χ2n) is 6.77. The Bertz CT molecular complexity index is 804. The van der Waals surface area contributed by atoms with Crippen molar-refractivity contribution in [2.45, 2.75) is 46.0 Å². The van der Waals surface area contributed by atoms with Crippen LogP contribution in [0.4, 0.5) is 11.4 Å². The zero-order valence-corrected chi connectivity index (χ0v) is 15.6. The van der Waals surface area contributed by atoms with Gasteiger partial charge in [0.25, 0.3) is 0 Å². The second kappa shape index (κ2) is 7.72. The lowest BCUT2D eigenvalue weighted by Crippen LogP contribution is -2.16. The van der Waals surface area contributed by atoms with Gasteiger partial charge in [-0.1, -0.05) is 13.8 Å².